The maximum absolute atomic E-state index is 12.2. The Morgan fingerprint density at radius 3 is 2.23 bits per heavy atom. The average molecular weight is 338 g/mol. The molecule has 0 aliphatic heterocycles. The Bertz CT molecular complexity index is 611. The van der Waals surface area contributed by atoms with Crippen molar-refractivity contribution in [2.45, 2.75) is 12.5 Å². The average Bonchev–Trinajstić information content (AvgIpc) is 3.17. The molecule has 2 heterocycles. The van der Waals surface area contributed by atoms with E-state index in [1.807, 2.05) is 29.8 Å². The van der Waals surface area contributed by atoms with Crippen molar-refractivity contribution in [3.05, 3.63) is 44.8 Å². The van der Waals surface area contributed by atoms with Gasteiger partial charge in [-0.25, -0.2) is 0 Å². The molecule has 5 nitrogen and oxygen atoms in total. The summed E-state index contributed by atoms with van der Waals surface area (Å²) < 4.78 is 5.19. The molecule has 2 aromatic rings. The summed E-state index contributed by atoms with van der Waals surface area (Å²) in [6.07, 6.45) is 0. The van der Waals surface area contributed by atoms with E-state index < -0.39 is 5.54 Å². The van der Waals surface area contributed by atoms with Crippen molar-refractivity contribution in [1.82, 2.24) is 10.6 Å². The van der Waals surface area contributed by atoms with Gasteiger partial charge in [-0.15, -0.1) is 22.7 Å². The van der Waals surface area contributed by atoms with E-state index in [1.54, 1.807) is 19.2 Å². The lowest BCUT2D eigenvalue weighted by Gasteiger charge is -2.30. The standard InChI is InChI=1S/C15H18N2O3S2/c1-15(10-20-2,17-14(19)12-6-4-8-22-12)9-16-13(18)11-5-3-7-21-11/h3-8H,9-10H2,1-2H3,(H,16,18)(H,17,19)/t15-/m0/s1. The first kappa shape index (κ1) is 16.7. The fourth-order valence-corrected chi connectivity index (χ4v) is 3.22. The number of ether oxygens (including phenoxy) is 1. The van der Waals surface area contributed by atoms with Gasteiger partial charge in [0.15, 0.2) is 0 Å². The predicted molar refractivity (Wildman–Crippen MR) is 88.7 cm³/mol. The number of carbonyl (C=O) groups is 2. The highest BCUT2D eigenvalue weighted by molar-refractivity contribution is 7.12. The van der Waals surface area contributed by atoms with Gasteiger partial charge in [0.25, 0.3) is 11.8 Å². The van der Waals surface area contributed by atoms with Crippen molar-refractivity contribution < 1.29 is 14.3 Å². The van der Waals surface area contributed by atoms with Gasteiger partial charge >= 0.3 is 0 Å². The van der Waals surface area contributed by atoms with E-state index in [2.05, 4.69) is 10.6 Å². The third kappa shape index (κ3) is 4.40. The molecule has 0 radical (unpaired) electrons. The number of thiophene rings is 2. The molecule has 0 aromatic carbocycles. The van der Waals surface area contributed by atoms with E-state index in [0.29, 0.717) is 16.4 Å². The maximum Gasteiger partial charge on any atom is 0.261 e. The van der Waals surface area contributed by atoms with E-state index >= 15 is 0 Å². The van der Waals surface area contributed by atoms with Crippen molar-refractivity contribution in [2.24, 2.45) is 0 Å². The van der Waals surface area contributed by atoms with Crippen LogP contribution in [-0.2, 0) is 4.74 Å². The molecular formula is C15H18N2O3S2. The molecule has 7 heteroatoms. The van der Waals surface area contributed by atoms with Crippen LogP contribution in [0.25, 0.3) is 0 Å². The Morgan fingerprint density at radius 1 is 1.14 bits per heavy atom. The van der Waals surface area contributed by atoms with Crippen LogP contribution in [-0.4, -0.2) is 37.6 Å². The third-order valence-electron chi connectivity index (χ3n) is 3.01. The first-order valence-corrected chi connectivity index (χ1v) is 8.47. The van der Waals surface area contributed by atoms with Gasteiger partial charge in [-0.2, -0.15) is 0 Å². The van der Waals surface area contributed by atoms with Crippen LogP contribution < -0.4 is 10.6 Å². The highest BCUT2D eigenvalue weighted by atomic mass is 32.1. The molecule has 2 aromatic heterocycles. The number of carbonyl (C=O) groups excluding carboxylic acids is 2. The van der Waals surface area contributed by atoms with Crippen LogP contribution in [0.1, 0.15) is 26.3 Å². The normalized spacial score (nSPS) is 13.4. The van der Waals surface area contributed by atoms with Crippen LogP contribution in [0.4, 0.5) is 0 Å². The second-order valence-corrected chi connectivity index (χ2v) is 6.98. The Hall–Kier alpha value is -1.70. The quantitative estimate of drug-likeness (QED) is 0.814. The van der Waals surface area contributed by atoms with Crippen LogP contribution in [0, 0.1) is 0 Å². The van der Waals surface area contributed by atoms with Crippen molar-refractivity contribution in [2.75, 3.05) is 20.3 Å². The predicted octanol–water partition coefficient (Wildman–Crippen LogP) is 2.37. The number of nitrogens with one attached hydrogen (secondary N) is 2. The molecule has 0 unspecified atom stereocenters. The van der Waals surface area contributed by atoms with E-state index in [4.69, 9.17) is 4.74 Å². The van der Waals surface area contributed by atoms with Crippen LogP contribution in [0.2, 0.25) is 0 Å². The molecule has 0 saturated heterocycles. The Morgan fingerprint density at radius 2 is 1.73 bits per heavy atom. The minimum absolute atomic E-state index is 0.150. The first-order chi connectivity index (χ1) is 10.5. The van der Waals surface area contributed by atoms with Gasteiger partial charge < -0.3 is 15.4 Å². The lowest BCUT2D eigenvalue weighted by atomic mass is 10.0. The molecule has 0 aliphatic rings. The molecule has 2 amide bonds. The Labute approximate surface area is 137 Å². The van der Waals surface area contributed by atoms with Gasteiger partial charge in [-0.1, -0.05) is 12.1 Å². The van der Waals surface area contributed by atoms with Crippen LogP contribution in [0.5, 0.6) is 0 Å². The summed E-state index contributed by atoms with van der Waals surface area (Å²) in [4.78, 5) is 25.5. The monoisotopic (exact) mass is 338 g/mol. The van der Waals surface area contributed by atoms with Crippen LogP contribution >= 0.6 is 22.7 Å². The Kier molecular flexibility index (Phi) is 5.70. The zero-order valence-corrected chi connectivity index (χ0v) is 14.1. The van der Waals surface area contributed by atoms with E-state index in [1.165, 1.54) is 22.7 Å². The summed E-state index contributed by atoms with van der Waals surface area (Å²) in [6, 6.07) is 7.17. The maximum atomic E-state index is 12.2. The van der Waals surface area contributed by atoms with Gasteiger partial charge in [0.1, 0.15) is 0 Å². The largest absolute Gasteiger partial charge is 0.382 e. The van der Waals surface area contributed by atoms with Crippen LogP contribution in [0.15, 0.2) is 35.0 Å². The minimum Gasteiger partial charge on any atom is -0.382 e. The number of hydrogen-bond donors (Lipinski definition) is 2. The fraction of sp³-hybridized carbons (Fsp3) is 0.333. The number of amides is 2. The third-order valence-corrected chi connectivity index (χ3v) is 4.74. The summed E-state index contributed by atoms with van der Waals surface area (Å²) >= 11 is 2.75. The highest BCUT2D eigenvalue weighted by Gasteiger charge is 2.28. The molecule has 1 atom stereocenters. The highest BCUT2D eigenvalue weighted by Crippen LogP contribution is 2.12. The second-order valence-electron chi connectivity index (χ2n) is 5.09. The number of methoxy groups -OCH3 is 1. The lowest BCUT2D eigenvalue weighted by Crippen LogP contribution is -2.56. The molecule has 2 N–H and O–H groups in total. The molecule has 0 spiro atoms. The van der Waals surface area contributed by atoms with Gasteiger partial charge in [0, 0.05) is 13.7 Å². The molecule has 0 fully saturated rings. The SMILES string of the molecule is COC[C@](C)(CNC(=O)c1cccs1)NC(=O)c1cccs1. The molecule has 22 heavy (non-hydrogen) atoms. The molecule has 2 rings (SSSR count). The zero-order chi connectivity index (χ0) is 16.0. The smallest absolute Gasteiger partial charge is 0.261 e. The summed E-state index contributed by atoms with van der Waals surface area (Å²) in [7, 11) is 1.57. The second kappa shape index (κ2) is 7.53. The van der Waals surface area contributed by atoms with Gasteiger partial charge in [0.2, 0.25) is 0 Å². The summed E-state index contributed by atoms with van der Waals surface area (Å²) in [5.41, 5.74) is -0.678. The summed E-state index contributed by atoms with van der Waals surface area (Å²) in [5, 5.41) is 9.47. The molecule has 0 saturated carbocycles. The number of rotatable bonds is 7. The fourth-order valence-electron chi connectivity index (χ4n) is 1.96. The molecule has 0 bridgehead atoms. The van der Waals surface area contributed by atoms with Crippen molar-refractivity contribution in [3.63, 3.8) is 0 Å². The summed E-state index contributed by atoms with van der Waals surface area (Å²) in [6.45, 7) is 2.43. The molecular weight excluding hydrogens is 320 g/mol. The van der Waals surface area contributed by atoms with E-state index in [0.717, 1.165) is 0 Å². The van der Waals surface area contributed by atoms with E-state index in [9.17, 15) is 9.59 Å². The van der Waals surface area contributed by atoms with Crippen molar-refractivity contribution in [1.29, 1.82) is 0 Å². The van der Waals surface area contributed by atoms with Gasteiger partial charge in [-0.05, 0) is 29.8 Å². The Balaban J connectivity index is 1.98. The van der Waals surface area contributed by atoms with Crippen LogP contribution in [0.3, 0.4) is 0 Å². The first-order valence-electron chi connectivity index (χ1n) is 6.71. The van der Waals surface area contributed by atoms with Crippen molar-refractivity contribution >= 4 is 34.5 Å². The summed E-state index contributed by atoms with van der Waals surface area (Å²) in [5.74, 6) is -0.317. The van der Waals surface area contributed by atoms with Gasteiger partial charge in [-0.3, -0.25) is 9.59 Å². The molecule has 0 aliphatic carbocycles. The topological polar surface area (TPSA) is 67.4 Å². The zero-order valence-electron chi connectivity index (χ0n) is 12.4. The number of hydrogen-bond acceptors (Lipinski definition) is 5. The van der Waals surface area contributed by atoms with E-state index in [-0.39, 0.29) is 18.4 Å². The van der Waals surface area contributed by atoms with Crippen molar-refractivity contribution in [3.8, 4) is 0 Å². The molecule has 118 valence electrons. The minimum atomic E-state index is -0.678. The lowest BCUT2D eigenvalue weighted by molar-refractivity contribution is 0.0760. The van der Waals surface area contributed by atoms with Gasteiger partial charge in [0.05, 0.1) is 21.9 Å².